The standard InChI is InChI=1S/C16H23ClN4O3/c1-10-2-4-11(5-3-10)19-16(23)24-12-6-7-21(9-12)13-8-18-20-15(22)14(13)17/h8,10-12H,2-7,9H2,1H3,(H,19,23)(H,20,22)/t10?,11?,12-/m1/s1. The fourth-order valence-electron chi connectivity index (χ4n) is 3.39. The van der Waals surface area contributed by atoms with Crippen LogP contribution in [0.4, 0.5) is 10.5 Å². The van der Waals surface area contributed by atoms with Gasteiger partial charge in [0.2, 0.25) is 0 Å². The van der Waals surface area contributed by atoms with Gasteiger partial charge < -0.3 is 15.0 Å². The zero-order valence-electron chi connectivity index (χ0n) is 13.8. The Hall–Kier alpha value is -1.76. The van der Waals surface area contributed by atoms with Gasteiger partial charge in [-0.2, -0.15) is 5.10 Å². The van der Waals surface area contributed by atoms with Crippen molar-refractivity contribution in [2.75, 3.05) is 18.0 Å². The highest BCUT2D eigenvalue weighted by atomic mass is 35.5. The van der Waals surface area contributed by atoms with E-state index >= 15 is 0 Å². The van der Waals surface area contributed by atoms with Crippen molar-refractivity contribution in [1.29, 1.82) is 0 Å². The van der Waals surface area contributed by atoms with Crippen LogP contribution in [0.1, 0.15) is 39.0 Å². The molecule has 0 unspecified atom stereocenters. The Balaban J connectivity index is 1.50. The van der Waals surface area contributed by atoms with Crippen LogP contribution in [0.2, 0.25) is 5.02 Å². The van der Waals surface area contributed by atoms with E-state index in [0.717, 1.165) is 31.6 Å². The van der Waals surface area contributed by atoms with Gasteiger partial charge in [-0.25, -0.2) is 9.89 Å². The third-order valence-electron chi connectivity index (χ3n) is 4.87. The van der Waals surface area contributed by atoms with Crippen molar-refractivity contribution in [2.45, 2.75) is 51.2 Å². The summed E-state index contributed by atoms with van der Waals surface area (Å²) in [5.74, 6) is 0.745. The molecular weight excluding hydrogens is 332 g/mol. The molecule has 1 saturated heterocycles. The Bertz CT molecular complexity index is 642. The summed E-state index contributed by atoms with van der Waals surface area (Å²) < 4.78 is 5.52. The number of halogens is 1. The average molecular weight is 355 g/mol. The number of anilines is 1. The van der Waals surface area contributed by atoms with E-state index < -0.39 is 5.56 Å². The van der Waals surface area contributed by atoms with Gasteiger partial charge in [0.05, 0.1) is 18.4 Å². The number of carbonyl (C=O) groups is 1. The van der Waals surface area contributed by atoms with E-state index in [1.165, 1.54) is 6.20 Å². The lowest BCUT2D eigenvalue weighted by molar-refractivity contribution is 0.102. The minimum atomic E-state index is -0.414. The number of alkyl carbamates (subject to hydrolysis) is 1. The Morgan fingerprint density at radius 1 is 1.38 bits per heavy atom. The van der Waals surface area contributed by atoms with Gasteiger partial charge in [-0.3, -0.25) is 4.79 Å². The average Bonchev–Trinajstić information content (AvgIpc) is 3.00. The minimum Gasteiger partial charge on any atom is -0.444 e. The van der Waals surface area contributed by atoms with Crippen LogP contribution in [-0.2, 0) is 4.74 Å². The summed E-state index contributed by atoms with van der Waals surface area (Å²) in [5, 5.41) is 9.16. The number of amides is 1. The van der Waals surface area contributed by atoms with E-state index in [1.54, 1.807) is 0 Å². The van der Waals surface area contributed by atoms with E-state index in [-0.39, 0.29) is 23.3 Å². The largest absolute Gasteiger partial charge is 0.444 e. The van der Waals surface area contributed by atoms with E-state index in [4.69, 9.17) is 16.3 Å². The van der Waals surface area contributed by atoms with Crippen LogP contribution >= 0.6 is 11.6 Å². The molecule has 0 radical (unpaired) electrons. The Labute approximate surface area is 145 Å². The molecule has 24 heavy (non-hydrogen) atoms. The van der Waals surface area contributed by atoms with Crippen LogP contribution in [0, 0.1) is 5.92 Å². The Morgan fingerprint density at radius 3 is 2.88 bits per heavy atom. The number of aromatic nitrogens is 2. The molecule has 1 aliphatic heterocycles. The lowest BCUT2D eigenvalue weighted by atomic mass is 9.87. The monoisotopic (exact) mass is 354 g/mol. The molecule has 0 bridgehead atoms. The van der Waals surface area contributed by atoms with Crippen LogP contribution in [0.15, 0.2) is 11.0 Å². The summed E-state index contributed by atoms with van der Waals surface area (Å²) in [6.45, 7) is 3.43. The molecule has 1 amide bonds. The van der Waals surface area contributed by atoms with Crippen LogP contribution in [-0.4, -0.2) is 41.5 Å². The highest BCUT2D eigenvalue weighted by molar-refractivity contribution is 6.33. The fraction of sp³-hybridized carbons (Fsp3) is 0.688. The quantitative estimate of drug-likeness (QED) is 0.869. The second-order valence-corrected chi connectivity index (χ2v) is 7.14. The summed E-state index contributed by atoms with van der Waals surface area (Å²) in [6, 6.07) is 0.220. The first-order chi connectivity index (χ1) is 11.5. The third-order valence-corrected chi connectivity index (χ3v) is 5.24. The number of carbonyl (C=O) groups excluding carboxylic acids is 1. The maximum absolute atomic E-state index is 12.1. The van der Waals surface area contributed by atoms with Crippen molar-refractivity contribution in [2.24, 2.45) is 5.92 Å². The lowest BCUT2D eigenvalue weighted by Gasteiger charge is -2.27. The first kappa shape index (κ1) is 17.1. The second-order valence-electron chi connectivity index (χ2n) is 6.76. The second kappa shape index (κ2) is 7.42. The molecule has 2 N–H and O–H groups in total. The normalized spacial score (nSPS) is 27.1. The van der Waals surface area contributed by atoms with Crippen molar-refractivity contribution in [1.82, 2.24) is 15.5 Å². The Morgan fingerprint density at radius 2 is 2.12 bits per heavy atom. The molecule has 2 heterocycles. The number of nitrogens with zero attached hydrogens (tertiary/aromatic N) is 2. The van der Waals surface area contributed by atoms with E-state index in [1.807, 2.05) is 4.90 Å². The number of aromatic amines is 1. The summed E-state index contributed by atoms with van der Waals surface area (Å²) in [6.07, 6.45) is 6.00. The van der Waals surface area contributed by atoms with Crippen LogP contribution in [0.25, 0.3) is 0 Å². The Kier molecular flexibility index (Phi) is 5.28. The van der Waals surface area contributed by atoms with Gasteiger partial charge in [0.1, 0.15) is 11.1 Å². The maximum atomic E-state index is 12.1. The number of H-pyrrole nitrogens is 1. The van der Waals surface area contributed by atoms with Crippen molar-refractivity contribution in [3.63, 3.8) is 0 Å². The third kappa shape index (κ3) is 4.01. The molecule has 1 aromatic heterocycles. The molecule has 8 heteroatoms. The van der Waals surface area contributed by atoms with Crippen LogP contribution in [0.5, 0.6) is 0 Å². The molecule has 2 aliphatic rings. The molecule has 3 rings (SSSR count). The van der Waals surface area contributed by atoms with Crippen molar-refractivity contribution >= 4 is 23.4 Å². The molecule has 2 fully saturated rings. The smallest absolute Gasteiger partial charge is 0.407 e. The highest BCUT2D eigenvalue weighted by Crippen LogP contribution is 2.26. The summed E-state index contributed by atoms with van der Waals surface area (Å²) in [5.41, 5.74) is 0.163. The molecular formula is C16H23ClN4O3. The number of hydrogen-bond donors (Lipinski definition) is 2. The fourth-order valence-corrected chi connectivity index (χ4v) is 3.60. The van der Waals surface area contributed by atoms with Gasteiger partial charge in [0, 0.05) is 19.0 Å². The number of rotatable bonds is 3. The van der Waals surface area contributed by atoms with Crippen LogP contribution in [0.3, 0.4) is 0 Å². The molecule has 0 spiro atoms. The summed E-state index contributed by atoms with van der Waals surface area (Å²) in [4.78, 5) is 25.5. The van der Waals surface area contributed by atoms with E-state index in [2.05, 4.69) is 22.4 Å². The highest BCUT2D eigenvalue weighted by Gasteiger charge is 2.29. The molecule has 132 valence electrons. The maximum Gasteiger partial charge on any atom is 0.407 e. The van der Waals surface area contributed by atoms with Gasteiger partial charge in [-0.15, -0.1) is 0 Å². The van der Waals surface area contributed by atoms with Crippen molar-refractivity contribution in [3.05, 3.63) is 21.6 Å². The topological polar surface area (TPSA) is 87.3 Å². The number of ether oxygens (including phenoxy) is 1. The van der Waals surface area contributed by atoms with Gasteiger partial charge in [-0.05, 0) is 31.6 Å². The predicted octanol–water partition coefficient (Wildman–Crippen LogP) is 2.31. The molecule has 1 saturated carbocycles. The SMILES string of the molecule is CC1CCC(NC(=O)O[C@@H]2CCN(c3cn[nH]c(=O)c3Cl)C2)CC1. The zero-order valence-corrected chi connectivity index (χ0v) is 14.5. The lowest BCUT2D eigenvalue weighted by Crippen LogP contribution is -2.39. The summed E-state index contributed by atoms with van der Waals surface area (Å²) in [7, 11) is 0. The minimum absolute atomic E-state index is 0.117. The summed E-state index contributed by atoms with van der Waals surface area (Å²) >= 11 is 6.02. The molecule has 7 nitrogen and oxygen atoms in total. The van der Waals surface area contributed by atoms with Gasteiger partial charge in [0.15, 0.2) is 0 Å². The molecule has 1 atom stereocenters. The van der Waals surface area contributed by atoms with Crippen molar-refractivity contribution in [3.8, 4) is 0 Å². The first-order valence-corrected chi connectivity index (χ1v) is 8.86. The molecule has 0 aromatic carbocycles. The van der Waals surface area contributed by atoms with Crippen LogP contribution < -0.4 is 15.8 Å². The van der Waals surface area contributed by atoms with E-state index in [9.17, 15) is 9.59 Å². The van der Waals surface area contributed by atoms with E-state index in [0.29, 0.717) is 25.2 Å². The zero-order chi connectivity index (χ0) is 17.1. The predicted molar refractivity (Wildman–Crippen MR) is 91.5 cm³/mol. The molecule has 1 aromatic rings. The number of nitrogens with one attached hydrogen (secondary N) is 2. The first-order valence-electron chi connectivity index (χ1n) is 8.48. The van der Waals surface area contributed by atoms with Crippen molar-refractivity contribution < 1.29 is 9.53 Å². The van der Waals surface area contributed by atoms with Gasteiger partial charge >= 0.3 is 6.09 Å². The molecule has 1 aliphatic carbocycles. The van der Waals surface area contributed by atoms with Gasteiger partial charge in [0.25, 0.3) is 5.56 Å². The van der Waals surface area contributed by atoms with Gasteiger partial charge in [-0.1, -0.05) is 18.5 Å². The number of hydrogen-bond acceptors (Lipinski definition) is 5.